The van der Waals surface area contributed by atoms with Crippen LogP contribution in [0.15, 0.2) is 41.4 Å². The summed E-state index contributed by atoms with van der Waals surface area (Å²) in [5.41, 5.74) is 2.42. The van der Waals surface area contributed by atoms with Gasteiger partial charge in [-0.2, -0.15) is 0 Å². The second kappa shape index (κ2) is 5.25. The standard InChI is InChI=1S/C14H15N3O3S/c1-20-14-5-2-11(9-16-14)17-21(18,19)12-3-4-13-10(8-12)6-7-15-13/h2-5,8-9,15,17H,6-7H2,1H3. The number of pyridine rings is 1. The van der Waals surface area contributed by atoms with Crippen molar-refractivity contribution in [1.82, 2.24) is 4.98 Å². The van der Waals surface area contributed by atoms with Crippen LogP contribution in [0, 0.1) is 0 Å². The summed E-state index contributed by atoms with van der Waals surface area (Å²) >= 11 is 0. The van der Waals surface area contributed by atoms with E-state index in [0.717, 1.165) is 24.2 Å². The van der Waals surface area contributed by atoms with E-state index in [1.165, 1.54) is 13.3 Å². The Morgan fingerprint density at radius 1 is 1.29 bits per heavy atom. The molecule has 1 aromatic heterocycles. The molecule has 0 bridgehead atoms. The van der Waals surface area contributed by atoms with E-state index in [1.54, 1.807) is 30.3 Å². The lowest BCUT2D eigenvalue weighted by atomic mass is 10.2. The fourth-order valence-corrected chi connectivity index (χ4v) is 3.32. The molecule has 1 aliphatic heterocycles. The van der Waals surface area contributed by atoms with Crippen LogP contribution in [0.2, 0.25) is 0 Å². The van der Waals surface area contributed by atoms with Gasteiger partial charge in [-0.3, -0.25) is 4.72 Å². The molecular formula is C14H15N3O3S. The number of anilines is 2. The van der Waals surface area contributed by atoms with Crippen LogP contribution in [-0.2, 0) is 16.4 Å². The Balaban J connectivity index is 1.86. The van der Waals surface area contributed by atoms with Gasteiger partial charge in [-0.25, -0.2) is 13.4 Å². The van der Waals surface area contributed by atoms with Crippen molar-refractivity contribution in [2.45, 2.75) is 11.3 Å². The third-order valence-corrected chi connectivity index (χ3v) is 4.67. The van der Waals surface area contributed by atoms with Crippen molar-refractivity contribution < 1.29 is 13.2 Å². The summed E-state index contributed by atoms with van der Waals surface area (Å²) in [4.78, 5) is 4.22. The van der Waals surface area contributed by atoms with Crippen molar-refractivity contribution in [2.75, 3.05) is 23.7 Å². The molecule has 6 nitrogen and oxygen atoms in total. The molecule has 2 aromatic rings. The van der Waals surface area contributed by atoms with Crippen molar-refractivity contribution in [2.24, 2.45) is 0 Å². The first-order valence-electron chi connectivity index (χ1n) is 6.48. The van der Waals surface area contributed by atoms with Gasteiger partial charge in [0.05, 0.1) is 23.9 Å². The van der Waals surface area contributed by atoms with E-state index < -0.39 is 10.0 Å². The van der Waals surface area contributed by atoms with Crippen LogP contribution in [0.3, 0.4) is 0 Å². The second-order valence-corrected chi connectivity index (χ2v) is 6.37. The lowest BCUT2D eigenvalue weighted by Crippen LogP contribution is -2.13. The van der Waals surface area contributed by atoms with Crippen LogP contribution in [0.4, 0.5) is 11.4 Å². The summed E-state index contributed by atoms with van der Waals surface area (Å²) in [7, 11) is -2.11. The average molecular weight is 305 g/mol. The Bertz CT molecular complexity index is 758. The average Bonchev–Trinajstić information content (AvgIpc) is 2.95. The van der Waals surface area contributed by atoms with Crippen LogP contribution >= 0.6 is 0 Å². The molecule has 7 heteroatoms. The lowest BCUT2D eigenvalue weighted by molar-refractivity contribution is 0.398. The maximum atomic E-state index is 12.4. The highest BCUT2D eigenvalue weighted by Gasteiger charge is 2.18. The molecule has 0 radical (unpaired) electrons. The van der Waals surface area contributed by atoms with E-state index in [4.69, 9.17) is 4.74 Å². The van der Waals surface area contributed by atoms with E-state index >= 15 is 0 Å². The number of rotatable bonds is 4. The van der Waals surface area contributed by atoms with Gasteiger partial charge in [0.25, 0.3) is 10.0 Å². The fourth-order valence-electron chi connectivity index (χ4n) is 2.22. The Kier molecular flexibility index (Phi) is 3.42. The highest BCUT2D eigenvalue weighted by atomic mass is 32.2. The molecule has 0 amide bonds. The first-order valence-corrected chi connectivity index (χ1v) is 7.96. The number of hydrogen-bond donors (Lipinski definition) is 2. The molecule has 1 aromatic carbocycles. The van der Waals surface area contributed by atoms with Crippen molar-refractivity contribution >= 4 is 21.4 Å². The molecule has 110 valence electrons. The Morgan fingerprint density at radius 3 is 2.86 bits per heavy atom. The fraction of sp³-hybridized carbons (Fsp3) is 0.214. The molecular weight excluding hydrogens is 290 g/mol. The first-order chi connectivity index (χ1) is 10.1. The van der Waals surface area contributed by atoms with E-state index in [1.807, 2.05) is 0 Å². The summed E-state index contributed by atoms with van der Waals surface area (Å²) < 4.78 is 32.2. The summed E-state index contributed by atoms with van der Waals surface area (Å²) in [6, 6.07) is 8.30. The predicted octanol–water partition coefficient (Wildman–Crippen LogP) is 1.86. The molecule has 1 aliphatic rings. The maximum Gasteiger partial charge on any atom is 0.261 e. The normalized spacial score (nSPS) is 13.4. The third-order valence-electron chi connectivity index (χ3n) is 3.29. The van der Waals surface area contributed by atoms with Gasteiger partial charge in [0.1, 0.15) is 0 Å². The van der Waals surface area contributed by atoms with Gasteiger partial charge in [-0.1, -0.05) is 0 Å². The van der Waals surface area contributed by atoms with E-state index in [0.29, 0.717) is 11.6 Å². The van der Waals surface area contributed by atoms with Crippen molar-refractivity contribution in [1.29, 1.82) is 0 Å². The Morgan fingerprint density at radius 2 is 2.14 bits per heavy atom. The van der Waals surface area contributed by atoms with Crippen LogP contribution in [0.5, 0.6) is 5.88 Å². The van der Waals surface area contributed by atoms with Crippen LogP contribution in [0.1, 0.15) is 5.56 Å². The summed E-state index contributed by atoms with van der Waals surface area (Å²) in [5.74, 6) is 0.432. The van der Waals surface area contributed by atoms with E-state index in [9.17, 15) is 8.42 Å². The van der Waals surface area contributed by atoms with Gasteiger partial charge in [0.2, 0.25) is 5.88 Å². The largest absolute Gasteiger partial charge is 0.481 e. The lowest BCUT2D eigenvalue weighted by Gasteiger charge is -2.09. The predicted molar refractivity (Wildman–Crippen MR) is 80.2 cm³/mol. The molecule has 0 spiro atoms. The number of benzene rings is 1. The number of nitrogens with zero attached hydrogens (tertiary/aromatic N) is 1. The number of fused-ring (bicyclic) bond motifs is 1. The minimum absolute atomic E-state index is 0.251. The van der Waals surface area contributed by atoms with Gasteiger partial charge in [-0.05, 0) is 36.2 Å². The van der Waals surface area contributed by atoms with Gasteiger partial charge in [0.15, 0.2) is 0 Å². The zero-order chi connectivity index (χ0) is 14.9. The molecule has 2 heterocycles. The van der Waals surface area contributed by atoms with Crippen molar-refractivity contribution in [3.63, 3.8) is 0 Å². The van der Waals surface area contributed by atoms with Gasteiger partial charge < -0.3 is 10.1 Å². The number of sulfonamides is 1. The molecule has 0 atom stereocenters. The Hall–Kier alpha value is -2.28. The second-order valence-electron chi connectivity index (χ2n) is 4.69. The monoisotopic (exact) mass is 305 g/mol. The number of nitrogens with one attached hydrogen (secondary N) is 2. The number of methoxy groups -OCH3 is 1. The zero-order valence-corrected chi connectivity index (χ0v) is 12.3. The highest BCUT2D eigenvalue weighted by Crippen LogP contribution is 2.26. The summed E-state index contributed by atoms with van der Waals surface area (Å²) in [5, 5.41) is 3.20. The first kappa shape index (κ1) is 13.7. The van der Waals surface area contributed by atoms with E-state index in [-0.39, 0.29) is 4.90 Å². The third kappa shape index (κ3) is 2.78. The topological polar surface area (TPSA) is 80.3 Å². The van der Waals surface area contributed by atoms with Crippen molar-refractivity contribution in [3.05, 3.63) is 42.1 Å². The van der Waals surface area contributed by atoms with Crippen LogP contribution < -0.4 is 14.8 Å². The van der Waals surface area contributed by atoms with E-state index in [2.05, 4.69) is 15.0 Å². The molecule has 2 N–H and O–H groups in total. The highest BCUT2D eigenvalue weighted by molar-refractivity contribution is 7.92. The summed E-state index contributed by atoms with van der Waals surface area (Å²) in [6.45, 7) is 0.842. The minimum atomic E-state index is -3.61. The summed E-state index contributed by atoms with van der Waals surface area (Å²) in [6.07, 6.45) is 2.26. The molecule has 0 saturated carbocycles. The van der Waals surface area contributed by atoms with Gasteiger partial charge in [-0.15, -0.1) is 0 Å². The zero-order valence-electron chi connectivity index (χ0n) is 11.5. The van der Waals surface area contributed by atoms with Gasteiger partial charge in [0, 0.05) is 18.3 Å². The molecule has 21 heavy (non-hydrogen) atoms. The maximum absolute atomic E-state index is 12.4. The SMILES string of the molecule is COc1ccc(NS(=O)(=O)c2ccc3c(c2)CCN3)cn1. The molecule has 3 rings (SSSR count). The number of hydrogen-bond acceptors (Lipinski definition) is 5. The van der Waals surface area contributed by atoms with Gasteiger partial charge >= 0.3 is 0 Å². The molecule has 0 unspecified atom stereocenters. The number of ether oxygens (including phenoxy) is 1. The van der Waals surface area contributed by atoms with Crippen molar-refractivity contribution in [3.8, 4) is 5.88 Å². The molecule has 0 fully saturated rings. The smallest absolute Gasteiger partial charge is 0.261 e. The number of aromatic nitrogens is 1. The van der Waals surface area contributed by atoms with Crippen LogP contribution in [0.25, 0.3) is 0 Å². The molecule has 0 saturated heterocycles. The van der Waals surface area contributed by atoms with Crippen LogP contribution in [-0.4, -0.2) is 27.1 Å². The quantitative estimate of drug-likeness (QED) is 0.901. The Labute approximate surface area is 123 Å². The minimum Gasteiger partial charge on any atom is -0.481 e. The molecule has 0 aliphatic carbocycles.